The Bertz CT molecular complexity index is 349. The van der Waals surface area contributed by atoms with E-state index in [0.29, 0.717) is 58.7 Å². The molecule has 0 spiro atoms. The molecule has 0 saturated heterocycles. The summed E-state index contributed by atoms with van der Waals surface area (Å²) in [7, 11) is 3.48. The molecule has 0 aromatic heterocycles. The Morgan fingerprint density at radius 3 is 1.67 bits per heavy atom. The van der Waals surface area contributed by atoms with E-state index in [4.69, 9.17) is 18.9 Å². The number of amides is 2. The summed E-state index contributed by atoms with van der Waals surface area (Å²) >= 11 is 0. The molecule has 30 heavy (non-hydrogen) atoms. The van der Waals surface area contributed by atoms with Crippen LogP contribution < -0.4 is 0 Å². The molecule has 0 rings (SSSR count). The predicted molar refractivity (Wildman–Crippen MR) is 117 cm³/mol. The molecule has 2 amide bonds. The third-order valence-corrected chi connectivity index (χ3v) is 3.17. The molecule has 0 aliphatic carbocycles. The van der Waals surface area contributed by atoms with Crippen molar-refractivity contribution < 1.29 is 49.6 Å². The van der Waals surface area contributed by atoms with Gasteiger partial charge in [-0.05, 0) is 5.92 Å². The Balaban J connectivity index is -0.000000633. The van der Waals surface area contributed by atoms with Gasteiger partial charge in [-0.3, -0.25) is 9.59 Å². The number of hydrogen-bond acceptors (Lipinski definition) is 6. The van der Waals surface area contributed by atoms with Crippen LogP contribution in [0.1, 0.15) is 34.6 Å². The van der Waals surface area contributed by atoms with Crippen molar-refractivity contribution in [2.45, 2.75) is 34.6 Å². The molecule has 0 aliphatic heterocycles. The maximum Gasteiger partial charge on any atom is 0.248 e. The number of likely N-dealkylation sites (N-methyl/N-ethyl adjacent to an activating group) is 2. The zero-order valence-corrected chi connectivity index (χ0v) is 23.1. The number of hydrogen-bond donors (Lipinski definition) is 0. The average Bonchev–Trinajstić information content (AvgIpc) is 2.73. The third-order valence-electron chi connectivity index (χ3n) is 3.17. The Kier molecular flexibility index (Phi) is 37.6. The van der Waals surface area contributed by atoms with E-state index in [1.165, 1.54) is 4.90 Å². The minimum Gasteiger partial charge on any atom is -0.377 e. The van der Waals surface area contributed by atoms with Crippen LogP contribution in [-0.2, 0) is 49.6 Å². The zero-order chi connectivity index (χ0) is 22.9. The van der Waals surface area contributed by atoms with E-state index in [2.05, 4.69) is 20.8 Å². The minimum absolute atomic E-state index is 0. The molecule has 0 aromatic carbocycles. The van der Waals surface area contributed by atoms with Crippen LogP contribution in [0.4, 0.5) is 0 Å². The van der Waals surface area contributed by atoms with Crippen molar-refractivity contribution in [1.82, 2.24) is 9.80 Å². The average molecular weight is 605 g/mol. The summed E-state index contributed by atoms with van der Waals surface area (Å²) in [6.45, 7) is 17.8. The predicted octanol–water partition coefficient (Wildman–Crippen LogP) is 2.12. The Morgan fingerprint density at radius 1 is 0.867 bits per heavy atom. The van der Waals surface area contributed by atoms with E-state index in [9.17, 15) is 9.59 Å². The zero-order valence-electron chi connectivity index (χ0n) is 20.2. The molecule has 9 heteroatoms. The van der Waals surface area contributed by atoms with E-state index >= 15 is 0 Å². The number of carbonyl (C=O) groups is 2. The summed E-state index contributed by atoms with van der Waals surface area (Å²) in [5, 5.41) is 0. The summed E-state index contributed by atoms with van der Waals surface area (Å²) in [5.74, 6) is 0.428. The second-order valence-corrected chi connectivity index (χ2v) is 6.14. The second kappa shape index (κ2) is 30.7. The summed E-state index contributed by atoms with van der Waals surface area (Å²) in [6, 6.07) is 0. The number of rotatable bonds is 17. The van der Waals surface area contributed by atoms with Gasteiger partial charge in [-0.25, -0.2) is 0 Å². The molecule has 0 saturated carbocycles. The topological polar surface area (TPSA) is 77.5 Å². The number of nitrogens with zero attached hydrogens (tertiary/aromatic N) is 2. The van der Waals surface area contributed by atoms with Gasteiger partial charge in [0, 0.05) is 48.3 Å². The second-order valence-electron chi connectivity index (χ2n) is 6.14. The van der Waals surface area contributed by atoms with Crippen LogP contribution in [0.25, 0.3) is 0 Å². The first-order valence-corrected chi connectivity index (χ1v) is 10.4. The van der Waals surface area contributed by atoms with Gasteiger partial charge in [0.25, 0.3) is 0 Å². The van der Waals surface area contributed by atoms with E-state index in [0.717, 1.165) is 13.0 Å². The standard InChI is InChI=1S/C17H34N2O6.C2H6.C2H5.W/c1-16(2)13-19(4)17(21)14-25-12-11-24-10-9-23-8-7-22-6-5-18(3)15-20;2*1-2;/h15-16H,5-14H2,1-4H3;1-2H3;1H2,2H3;/q;;-1;. The molecule has 8 nitrogen and oxygen atoms in total. The first kappa shape index (κ1) is 36.8. The van der Waals surface area contributed by atoms with Crippen LogP contribution in [0.3, 0.4) is 0 Å². The minimum atomic E-state index is -0.0173. The molecule has 0 atom stereocenters. The summed E-state index contributed by atoms with van der Waals surface area (Å²) < 4.78 is 21.3. The fourth-order valence-corrected chi connectivity index (χ4v) is 1.84. The van der Waals surface area contributed by atoms with E-state index in [1.54, 1.807) is 25.9 Å². The largest absolute Gasteiger partial charge is 0.377 e. The van der Waals surface area contributed by atoms with Gasteiger partial charge in [0.1, 0.15) is 6.61 Å². The van der Waals surface area contributed by atoms with Crippen molar-refractivity contribution >= 4 is 12.3 Å². The monoisotopic (exact) mass is 605 g/mol. The van der Waals surface area contributed by atoms with E-state index in [-0.39, 0.29) is 33.6 Å². The maximum atomic E-state index is 11.7. The Morgan fingerprint density at radius 2 is 1.27 bits per heavy atom. The first-order chi connectivity index (χ1) is 14.0. The summed E-state index contributed by atoms with van der Waals surface area (Å²) in [4.78, 5) is 25.3. The molecule has 0 fully saturated rings. The van der Waals surface area contributed by atoms with Crippen LogP contribution in [0.15, 0.2) is 0 Å². The molecule has 0 unspecified atom stereocenters. The summed E-state index contributed by atoms with van der Waals surface area (Å²) in [6.07, 6.45) is 0.765. The van der Waals surface area contributed by atoms with Crippen LogP contribution in [0, 0.1) is 12.8 Å². The summed E-state index contributed by atoms with van der Waals surface area (Å²) in [5.41, 5.74) is 0. The molecular weight excluding hydrogens is 560 g/mol. The van der Waals surface area contributed by atoms with Gasteiger partial charge in [0.15, 0.2) is 0 Å². The van der Waals surface area contributed by atoms with Gasteiger partial charge < -0.3 is 35.7 Å². The van der Waals surface area contributed by atoms with Gasteiger partial charge in [0.2, 0.25) is 12.3 Å². The van der Waals surface area contributed by atoms with Crippen LogP contribution in [-0.4, -0.2) is 102 Å². The van der Waals surface area contributed by atoms with Gasteiger partial charge in [-0.1, -0.05) is 27.7 Å². The van der Waals surface area contributed by atoms with Crippen LogP contribution in [0.5, 0.6) is 0 Å². The van der Waals surface area contributed by atoms with Crippen LogP contribution >= 0.6 is 0 Å². The smallest absolute Gasteiger partial charge is 0.248 e. The molecule has 0 radical (unpaired) electrons. The van der Waals surface area contributed by atoms with E-state index in [1.807, 2.05) is 13.8 Å². The maximum absolute atomic E-state index is 11.7. The molecule has 182 valence electrons. The molecule has 0 N–H and O–H groups in total. The first-order valence-electron chi connectivity index (χ1n) is 10.4. The van der Waals surface area contributed by atoms with Crippen molar-refractivity contribution in [1.29, 1.82) is 0 Å². The molecule has 0 heterocycles. The van der Waals surface area contributed by atoms with Gasteiger partial charge in [-0.15, -0.1) is 0 Å². The normalized spacial score (nSPS) is 9.50. The van der Waals surface area contributed by atoms with Crippen LogP contribution in [0.2, 0.25) is 0 Å². The number of ether oxygens (including phenoxy) is 4. The van der Waals surface area contributed by atoms with Gasteiger partial charge in [-0.2, -0.15) is 6.92 Å². The molecule has 0 aliphatic rings. The number of carbonyl (C=O) groups excluding carboxylic acids is 2. The SMILES string of the molecule is CC.CC(C)CN(C)C(=O)COCCOCCOCCOCCN(C)C=O.[CH2-]C.[W]. The molecule has 0 bridgehead atoms. The van der Waals surface area contributed by atoms with Gasteiger partial charge >= 0.3 is 0 Å². The Hall–Kier alpha value is -0.532. The van der Waals surface area contributed by atoms with Crippen molar-refractivity contribution in [3.05, 3.63) is 6.92 Å². The van der Waals surface area contributed by atoms with Crippen molar-refractivity contribution in [2.24, 2.45) is 5.92 Å². The molecule has 0 aromatic rings. The van der Waals surface area contributed by atoms with Gasteiger partial charge in [0.05, 0.1) is 46.2 Å². The fraction of sp³-hybridized carbons (Fsp3) is 0.857. The fourth-order valence-electron chi connectivity index (χ4n) is 1.84. The van der Waals surface area contributed by atoms with Crippen molar-refractivity contribution in [3.8, 4) is 0 Å². The van der Waals surface area contributed by atoms with Crippen molar-refractivity contribution in [3.63, 3.8) is 0 Å². The molecular formula is C21H45N2O6W-. The van der Waals surface area contributed by atoms with E-state index < -0.39 is 0 Å². The quantitative estimate of drug-likeness (QED) is 0.144. The van der Waals surface area contributed by atoms with Crippen molar-refractivity contribution in [2.75, 3.05) is 80.0 Å². The Labute approximate surface area is 199 Å². The third kappa shape index (κ3) is 29.7.